The van der Waals surface area contributed by atoms with Crippen molar-refractivity contribution in [1.29, 1.82) is 0 Å². The zero-order valence-electron chi connectivity index (χ0n) is 22.6. The summed E-state index contributed by atoms with van der Waals surface area (Å²) in [6, 6.07) is 1.15. The van der Waals surface area contributed by atoms with E-state index in [9.17, 15) is 18.4 Å². The van der Waals surface area contributed by atoms with Gasteiger partial charge >= 0.3 is 6.09 Å². The highest BCUT2D eigenvalue weighted by Crippen LogP contribution is 2.36. The highest BCUT2D eigenvalue weighted by Gasteiger charge is 2.31. The first kappa shape index (κ1) is 30.1. The highest BCUT2D eigenvalue weighted by atomic mass is 32.2. The maximum Gasteiger partial charge on any atom is 0.407 e. The fourth-order valence-electron chi connectivity index (χ4n) is 5.85. The Bertz CT molecular complexity index is 1110. The number of ether oxygens (including phenoxy) is 1. The van der Waals surface area contributed by atoms with Crippen molar-refractivity contribution in [1.82, 2.24) is 20.3 Å². The molecule has 0 saturated heterocycles. The van der Waals surface area contributed by atoms with Crippen LogP contribution in [0.1, 0.15) is 87.9 Å². The van der Waals surface area contributed by atoms with E-state index < -0.39 is 23.4 Å². The summed E-state index contributed by atoms with van der Waals surface area (Å²) in [5.74, 6) is 0.543. The summed E-state index contributed by atoms with van der Waals surface area (Å²) >= 11 is 1.24. The lowest BCUT2D eigenvalue weighted by Crippen LogP contribution is -2.49. The van der Waals surface area contributed by atoms with Gasteiger partial charge in [-0.1, -0.05) is 32.1 Å². The average molecular weight is 597 g/mol. The van der Waals surface area contributed by atoms with Crippen LogP contribution in [0.15, 0.2) is 16.8 Å². The van der Waals surface area contributed by atoms with Crippen LogP contribution < -0.4 is 15.4 Å². The molecule has 2 saturated carbocycles. The second-order valence-electron chi connectivity index (χ2n) is 10.8. The SMILES string of the molecule is COC(=O)N[C@@H](CC1CCCCC1)C(=O)N[C@@H](CC1CCC(NS(=O)O)CC1)c1csc(-c2sccc2C)n1. The number of nitrogens with zero attached hydrogens (tertiary/aromatic N) is 1. The molecule has 216 valence electrons. The van der Waals surface area contributed by atoms with Crippen LogP contribution in [-0.4, -0.2) is 44.9 Å². The Kier molecular flexibility index (Phi) is 11.3. The van der Waals surface area contributed by atoms with Crippen molar-refractivity contribution in [2.75, 3.05) is 7.11 Å². The smallest absolute Gasteiger partial charge is 0.407 e. The molecule has 0 spiro atoms. The van der Waals surface area contributed by atoms with E-state index in [0.717, 1.165) is 73.4 Å². The molecule has 2 amide bonds. The summed E-state index contributed by atoms with van der Waals surface area (Å²) in [5.41, 5.74) is 2.02. The number of rotatable bonds is 11. The van der Waals surface area contributed by atoms with Crippen LogP contribution in [0.25, 0.3) is 9.88 Å². The van der Waals surface area contributed by atoms with Crippen molar-refractivity contribution in [2.24, 2.45) is 11.8 Å². The van der Waals surface area contributed by atoms with Crippen molar-refractivity contribution < 1.29 is 23.1 Å². The lowest BCUT2D eigenvalue weighted by Gasteiger charge is -2.31. The van der Waals surface area contributed by atoms with E-state index >= 15 is 0 Å². The molecule has 9 nitrogen and oxygen atoms in total. The Balaban J connectivity index is 1.50. The first-order valence-corrected chi connectivity index (χ1v) is 16.7. The van der Waals surface area contributed by atoms with Gasteiger partial charge in [-0.05, 0) is 74.3 Å². The average Bonchev–Trinajstić information content (AvgIpc) is 3.58. The minimum absolute atomic E-state index is 0.0249. The molecule has 2 aromatic heterocycles. The van der Waals surface area contributed by atoms with Gasteiger partial charge in [0.05, 0.1) is 23.7 Å². The topological polar surface area (TPSA) is 130 Å². The van der Waals surface area contributed by atoms with Crippen molar-refractivity contribution in [3.05, 3.63) is 28.1 Å². The second-order valence-corrected chi connectivity index (χ2v) is 13.3. The fraction of sp³-hybridized carbons (Fsp3) is 0.667. The Morgan fingerprint density at radius 2 is 1.79 bits per heavy atom. The van der Waals surface area contributed by atoms with E-state index in [-0.39, 0.29) is 18.0 Å². The molecule has 2 heterocycles. The number of alkyl carbamates (subject to hydrolysis) is 1. The summed E-state index contributed by atoms with van der Waals surface area (Å²) in [4.78, 5) is 31.9. The van der Waals surface area contributed by atoms with Crippen molar-refractivity contribution >= 4 is 45.9 Å². The quantitative estimate of drug-likeness (QED) is 0.246. The van der Waals surface area contributed by atoms with Gasteiger partial charge in [0.1, 0.15) is 11.0 Å². The maximum absolute atomic E-state index is 13.7. The van der Waals surface area contributed by atoms with Crippen LogP contribution in [0.2, 0.25) is 0 Å². The Morgan fingerprint density at radius 1 is 1.08 bits per heavy atom. The highest BCUT2D eigenvalue weighted by molar-refractivity contribution is 7.77. The third-order valence-electron chi connectivity index (χ3n) is 8.02. The molecule has 3 atom stereocenters. The van der Waals surface area contributed by atoms with Crippen LogP contribution in [0.4, 0.5) is 4.79 Å². The summed E-state index contributed by atoms with van der Waals surface area (Å²) in [6.07, 6.45) is 9.81. The number of aromatic nitrogens is 1. The molecule has 0 radical (unpaired) electrons. The molecule has 4 rings (SSSR count). The second kappa shape index (κ2) is 14.7. The van der Waals surface area contributed by atoms with E-state index in [0.29, 0.717) is 18.3 Å². The predicted octanol–water partition coefficient (Wildman–Crippen LogP) is 5.71. The molecule has 0 aromatic carbocycles. The number of aryl methyl sites for hydroxylation is 1. The van der Waals surface area contributed by atoms with E-state index in [1.54, 1.807) is 22.7 Å². The van der Waals surface area contributed by atoms with E-state index in [4.69, 9.17) is 9.72 Å². The van der Waals surface area contributed by atoms with E-state index in [2.05, 4.69) is 33.7 Å². The molecule has 2 aromatic rings. The summed E-state index contributed by atoms with van der Waals surface area (Å²) in [7, 11) is 1.31. The van der Waals surface area contributed by atoms with Gasteiger partial charge in [0.2, 0.25) is 17.2 Å². The van der Waals surface area contributed by atoms with Gasteiger partial charge in [-0.2, -0.15) is 0 Å². The molecule has 2 aliphatic rings. The van der Waals surface area contributed by atoms with Gasteiger partial charge in [-0.3, -0.25) is 9.35 Å². The minimum atomic E-state index is -2.01. The number of carbonyl (C=O) groups is 2. The number of hydrogen-bond donors (Lipinski definition) is 4. The molecule has 2 fully saturated rings. The van der Waals surface area contributed by atoms with Crippen molar-refractivity contribution in [3.63, 3.8) is 0 Å². The standard InChI is InChI=1S/C27H40N4O5S3/c1-17-12-13-37-24(17)26-29-23(16-38-26)21(14-19-8-10-20(11-9-19)31-39(34)35)28-25(32)22(30-27(33)36-2)15-18-6-4-3-5-7-18/h12-13,16,18-22,31H,3-11,14-15H2,1-2H3,(H,28,32)(H,30,33)(H,34,35)/t19?,20?,21-,22-/m0/s1. The number of methoxy groups -OCH3 is 1. The molecule has 1 unspecified atom stereocenters. The third kappa shape index (κ3) is 8.81. The largest absolute Gasteiger partial charge is 0.453 e. The number of thiazole rings is 1. The minimum Gasteiger partial charge on any atom is -0.453 e. The molecule has 2 aliphatic carbocycles. The Hall–Kier alpha value is -1.86. The monoisotopic (exact) mass is 596 g/mol. The fourth-order valence-corrected chi connectivity index (χ4v) is 8.34. The molecule has 39 heavy (non-hydrogen) atoms. The van der Waals surface area contributed by atoms with Gasteiger partial charge < -0.3 is 15.4 Å². The van der Waals surface area contributed by atoms with E-state index in [1.165, 1.54) is 19.1 Å². The van der Waals surface area contributed by atoms with Gasteiger partial charge in [0.25, 0.3) is 0 Å². The van der Waals surface area contributed by atoms with Gasteiger partial charge in [-0.25, -0.2) is 18.7 Å². The summed E-state index contributed by atoms with van der Waals surface area (Å²) in [6.45, 7) is 2.08. The molecule has 12 heteroatoms. The Morgan fingerprint density at radius 3 is 2.44 bits per heavy atom. The van der Waals surface area contributed by atoms with Gasteiger partial charge in [-0.15, -0.1) is 22.7 Å². The van der Waals surface area contributed by atoms with Crippen LogP contribution in [0.3, 0.4) is 0 Å². The normalized spacial score (nSPS) is 22.5. The molecular formula is C27H40N4O5S3. The maximum atomic E-state index is 13.7. The first-order valence-electron chi connectivity index (χ1n) is 13.8. The third-order valence-corrected chi connectivity index (χ3v) is 10.6. The predicted molar refractivity (Wildman–Crippen MR) is 156 cm³/mol. The molecular weight excluding hydrogens is 557 g/mol. The molecule has 0 bridgehead atoms. The lowest BCUT2D eigenvalue weighted by atomic mass is 9.82. The van der Waals surface area contributed by atoms with E-state index in [1.807, 2.05) is 5.38 Å². The number of carbonyl (C=O) groups excluding carboxylic acids is 2. The number of hydrogen-bond acceptors (Lipinski definition) is 7. The zero-order valence-corrected chi connectivity index (χ0v) is 25.1. The summed E-state index contributed by atoms with van der Waals surface area (Å²) in [5, 5.41) is 11.1. The molecule has 4 N–H and O–H groups in total. The van der Waals surface area contributed by atoms with Gasteiger partial charge in [0.15, 0.2) is 0 Å². The van der Waals surface area contributed by atoms with Crippen molar-refractivity contribution in [2.45, 2.75) is 95.7 Å². The van der Waals surface area contributed by atoms with Gasteiger partial charge in [0, 0.05) is 11.4 Å². The van der Waals surface area contributed by atoms with Crippen LogP contribution in [0, 0.1) is 18.8 Å². The molecule has 0 aliphatic heterocycles. The van der Waals surface area contributed by atoms with Crippen LogP contribution >= 0.6 is 22.7 Å². The first-order chi connectivity index (χ1) is 18.8. The Labute approximate surface area is 241 Å². The number of nitrogens with one attached hydrogen (secondary N) is 3. The van der Waals surface area contributed by atoms with Crippen LogP contribution in [-0.2, 0) is 20.8 Å². The number of amides is 2. The van der Waals surface area contributed by atoms with Crippen molar-refractivity contribution in [3.8, 4) is 9.88 Å². The summed E-state index contributed by atoms with van der Waals surface area (Å²) < 4.78 is 27.9. The zero-order chi connectivity index (χ0) is 27.8. The lowest BCUT2D eigenvalue weighted by molar-refractivity contribution is -0.124. The van der Waals surface area contributed by atoms with Crippen LogP contribution in [0.5, 0.6) is 0 Å². The number of thiophene rings is 1.